The van der Waals surface area contributed by atoms with E-state index in [1.807, 2.05) is 6.26 Å². The Bertz CT molecular complexity index is 314. The van der Waals surface area contributed by atoms with Crippen LogP contribution in [0.25, 0.3) is 0 Å². The Morgan fingerprint density at radius 1 is 1.42 bits per heavy atom. The molecule has 1 rings (SSSR count). The van der Waals surface area contributed by atoms with Crippen molar-refractivity contribution in [1.29, 1.82) is 0 Å². The minimum Gasteiger partial charge on any atom is -0.293 e. The summed E-state index contributed by atoms with van der Waals surface area (Å²) in [7, 11) is 0. The number of aromatic nitrogens is 3. The zero-order valence-electron chi connectivity index (χ0n) is 7.16. The number of aryl methyl sites for hydroxylation is 1. The fourth-order valence-corrected chi connectivity index (χ4v) is 1.15. The molecule has 0 bridgehead atoms. The van der Waals surface area contributed by atoms with Crippen molar-refractivity contribution in [3.8, 4) is 0 Å². The molecule has 0 aliphatic heterocycles. The quantitative estimate of drug-likeness (QED) is 0.507. The van der Waals surface area contributed by atoms with Gasteiger partial charge in [0.05, 0.1) is 5.69 Å². The summed E-state index contributed by atoms with van der Waals surface area (Å²) < 4.78 is 0. The van der Waals surface area contributed by atoms with Crippen LogP contribution < -0.4 is 0 Å². The molecule has 12 heavy (non-hydrogen) atoms. The summed E-state index contributed by atoms with van der Waals surface area (Å²) in [5.74, 6) is -0.0971. The van der Waals surface area contributed by atoms with Gasteiger partial charge in [0.25, 0.3) is 0 Å². The van der Waals surface area contributed by atoms with E-state index in [1.165, 1.54) is 18.7 Å². The van der Waals surface area contributed by atoms with E-state index in [4.69, 9.17) is 0 Å². The van der Waals surface area contributed by atoms with E-state index < -0.39 is 0 Å². The first-order valence-corrected chi connectivity index (χ1v) is 4.64. The maximum atomic E-state index is 10.9. The molecule has 1 aromatic rings. The zero-order valence-corrected chi connectivity index (χ0v) is 7.97. The van der Waals surface area contributed by atoms with Crippen molar-refractivity contribution in [2.24, 2.45) is 0 Å². The lowest BCUT2D eigenvalue weighted by atomic mass is 10.2. The van der Waals surface area contributed by atoms with Crippen molar-refractivity contribution < 1.29 is 4.79 Å². The molecule has 0 amide bonds. The minimum absolute atomic E-state index is 0.0971. The summed E-state index contributed by atoms with van der Waals surface area (Å²) in [5.41, 5.74) is 0.995. The van der Waals surface area contributed by atoms with Gasteiger partial charge >= 0.3 is 0 Å². The predicted octanol–water partition coefficient (Wildman–Crippen LogP) is 1.10. The summed E-state index contributed by atoms with van der Waals surface area (Å²) in [5, 5.41) is 8.12. The molecule has 1 heterocycles. The van der Waals surface area contributed by atoms with Crippen molar-refractivity contribution in [3.63, 3.8) is 0 Å². The van der Waals surface area contributed by atoms with Gasteiger partial charge in [-0.05, 0) is 13.2 Å². The summed E-state index contributed by atoms with van der Waals surface area (Å²) in [6.45, 7) is 3.21. The molecule has 0 saturated carbocycles. The van der Waals surface area contributed by atoms with Crippen molar-refractivity contribution >= 4 is 17.5 Å². The van der Waals surface area contributed by atoms with E-state index in [2.05, 4.69) is 15.2 Å². The largest absolute Gasteiger partial charge is 0.293 e. The van der Waals surface area contributed by atoms with Gasteiger partial charge in [-0.1, -0.05) is 11.8 Å². The molecule has 0 unspecified atom stereocenters. The van der Waals surface area contributed by atoms with E-state index in [-0.39, 0.29) is 5.78 Å². The standard InChI is InChI=1S/C7H9N3OS/c1-4-6(5(2)11)9-10-7(8-4)12-3/h1-3H3. The highest BCUT2D eigenvalue weighted by atomic mass is 32.2. The molecule has 4 nitrogen and oxygen atoms in total. The van der Waals surface area contributed by atoms with Crippen LogP contribution in [0, 0.1) is 6.92 Å². The van der Waals surface area contributed by atoms with Gasteiger partial charge in [0.2, 0.25) is 5.16 Å². The number of nitrogens with zero attached hydrogens (tertiary/aromatic N) is 3. The lowest BCUT2D eigenvalue weighted by molar-refractivity contribution is 0.101. The smallest absolute Gasteiger partial charge is 0.209 e. The van der Waals surface area contributed by atoms with E-state index >= 15 is 0 Å². The highest BCUT2D eigenvalue weighted by Gasteiger charge is 2.08. The van der Waals surface area contributed by atoms with Crippen LogP contribution in [-0.4, -0.2) is 27.2 Å². The second-order valence-electron chi connectivity index (χ2n) is 2.29. The number of ketones is 1. The SMILES string of the molecule is CSc1nnc(C(C)=O)c(C)n1. The predicted molar refractivity (Wildman–Crippen MR) is 46.3 cm³/mol. The highest BCUT2D eigenvalue weighted by molar-refractivity contribution is 7.98. The summed E-state index contributed by atoms with van der Waals surface area (Å²) in [6, 6.07) is 0. The molecule has 1 aromatic heterocycles. The van der Waals surface area contributed by atoms with E-state index in [0.717, 1.165) is 0 Å². The number of Topliss-reactive ketones (excluding diaryl/α,β-unsaturated/α-hetero) is 1. The van der Waals surface area contributed by atoms with Crippen LogP contribution in [0.15, 0.2) is 5.16 Å². The number of hydrogen-bond donors (Lipinski definition) is 0. The summed E-state index contributed by atoms with van der Waals surface area (Å²) in [6.07, 6.45) is 1.86. The van der Waals surface area contributed by atoms with Crippen molar-refractivity contribution in [2.75, 3.05) is 6.26 Å². The third kappa shape index (κ3) is 1.79. The maximum absolute atomic E-state index is 10.9. The van der Waals surface area contributed by atoms with Crippen LogP contribution in [0.2, 0.25) is 0 Å². The molecule has 0 aliphatic carbocycles. The molecular formula is C7H9N3OS. The summed E-state index contributed by atoms with van der Waals surface area (Å²) >= 11 is 1.41. The van der Waals surface area contributed by atoms with Gasteiger partial charge in [-0.3, -0.25) is 4.79 Å². The second kappa shape index (κ2) is 3.62. The van der Waals surface area contributed by atoms with Crippen molar-refractivity contribution in [1.82, 2.24) is 15.2 Å². The topological polar surface area (TPSA) is 55.7 Å². The number of carbonyl (C=O) groups is 1. The van der Waals surface area contributed by atoms with Gasteiger partial charge < -0.3 is 0 Å². The van der Waals surface area contributed by atoms with Gasteiger partial charge in [-0.25, -0.2) is 4.98 Å². The average molecular weight is 183 g/mol. The maximum Gasteiger partial charge on any atom is 0.209 e. The van der Waals surface area contributed by atoms with Crippen LogP contribution in [0.5, 0.6) is 0 Å². The molecular weight excluding hydrogens is 174 g/mol. The van der Waals surface area contributed by atoms with Crippen LogP contribution in [-0.2, 0) is 0 Å². The molecule has 0 spiro atoms. The average Bonchev–Trinajstić information content (AvgIpc) is 2.03. The Hall–Kier alpha value is -0.970. The highest BCUT2D eigenvalue weighted by Crippen LogP contribution is 2.08. The van der Waals surface area contributed by atoms with Gasteiger partial charge in [-0.2, -0.15) is 0 Å². The van der Waals surface area contributed by atoms with Gasteiger partial charge in [0, 0.05) is 6.92 Å². The van der Waals surface area contributed by atoms with E-state index in [9.17, 15) is 4.79 Å². The number of hydrogen-bond acceptors (Lipinski definition) is 5. The first-order chi connectivity index (χ1) is 5.65. The molecule has 0 aromatic carbocycles. The second-order valence-corrected chi connectivity index (χ2v) is 3.06. The fraction of sp³-hybridized carbons (Fsp3) is 0.429. The van der Waals surface area contributed by atoms with Gasteiger partial charge in [-0.15, -0.1) is 10.2 Å². The minimum atomic E-state index is -0.0971. The molecule has 0 N–H and O–H groups in total. The van der Waals surface area contributed by atoms with Crippen LogP contribution in [0.3, 0.4) is 0 Å². The summed E-state index contributed by atoms with van der Waals surface area (Å²) in [4.78, 5) is 15.0. The monoisotopic (exact) mass is 183 g/mol. The Kier molecular flexibility index (Phi) is 2.75. The zero-order chi connectivity index (χ0) is 9.14. The van der Waals surface area contributed by atoms with Gasteiger partial charge in [0.1, 0.15) is 5.69 Å². The van der Waals surface area contributed by atoms with Crippen molar-refractivity contribution in [2.45, 2.75) is 19.0 Å². The Morgan fingerprint density at radius 3 is 2.50 bits per heavy atom. The Morgan fingerprint density at radius 2 is 2.08 bits per heavy atom. The molecule has 5 heteroatoms. The lowest BCUT2D eigenvalue weighted by Gasteiger charge is -1.99. The van der Waals surface area contributed by atoms with E-state index in [0.29, 0.717) is 16.5 Å². The Balaban J connectivity index is 3.12. The van der Waals surface area contributed by atoms with Crippen molar-refractivity contribution in [3.05, 3.63) is 11.4 Å². The Labute approximate surface area is 74.8 Å². The van der Waals surface area contributed by atoms with Crippen LogP contribution >= 0.6 is 11.8 Å². The van der Waals surface area contributed by atoms with Gasteiger partial charge in [0.15, 0.2) is 5.78 Å². The molecule has 0 atom stereocenters. The molecule has 0 saturated heterocycles. The van der Waals surface area contributed by atoms with E-state index in [1.54, 1.807) is 6.92 Å². The third-order valence-electron chi connectivity index (χ3n) is 1.36. The molecule has 0 radical (unpaired) electrons. The number of rotatable bonds is 2. The third-order valence-corrected chi connectivity index (χ3v) is 1.90. The van der Waals surface area contributed by atoms with Crippen LogP contribution in [0.4, 0.5) is 0 Å². The van der Waals surface area contributed by atoms with Crippen LogP contribution in [0.1, 0.15) is 23.1 Å². The molecule has 0 fully saturated rings. The first-order valence-electron chi connectivity index (χ1n) is 3.41. The lowest BCUT2D eigenvalue weighted by Crippen LogP contribution is -2.05. The fourth-order valence-electron chi connectivity index (χ4n) is 0.796. The molecule has 64 valence electrons. The number of thioether (sulfide) groups is 1. The normalized spacial score (nSPS) is 9.92. The number of carbonyl (C=O) groups excluding carboxylic acids is 1. The first kappa shape index (κ1) is 9.12. The molecule has 0 aliphatic rings.